The van der Waals surface area contributed by atoms with E-state index >= 15 is 0 Å². The Bertz CT molecular complexity index is 408. The average molecular weight is 266 g/mol. The molecule has 1 heterocycles. The second kappa shape index (κ2) is 5.85. The van der Waals surface area contributed by atoms with Gasteiger partial charge in [-0.1, -0.05) is 19.3 Å². The molecule has 0 atom stereocenters. The Hall–Kier alpha value is -0.870. The van der Waals surface area contributed by atoms with Crippen LogP contribution in [0.3, 0.4) is 0 Å². The molecule has 0 spiro atoms. The first-order valence-electron chi connectivity index (χ1n) is 6.68. The van der Waals surface area contributed by atoms with E-state index in [4.69, 9.17) is 0 Å². The Morgan fingerprint density at radius 2 is 2.11 bits per heavy atom. The molecule has 1 saturated carbocycles. The van der Waals surface area contributed by atoms with Crippen LogP contribution in [0.2, 0.25) is 0 Å². The van der Waals surface area contributed by atoms with E-state index in [1.54, 1.807) is 18.3 Å². The van der Waals surface area contributed by atoms with Gasteiger partial charge in [0.1, 0.15) is 0 Å². The Balaban J connectivity index is 1.93. The molecule has 0 radical (unpaired) electrons. The lowest BCUT2D eigenvalue weighted by Gasteiger charge is -2.34. The van der Waals surface area contributed by atoms with Gasteiger partial charge in [0.15, 0.2) is 0 Å². The normalized spacial score (nSPS) is 18.6. The van der Waals surface area contributed by atoms with Crippen LogP contribution in [0.4, 0.5) is 5.69 Å². The second-order valence-electron chi connectivity index (χ2n) is 5.41. The molecule has 1 aromatic rings. The lowest BCUT2D eigenvalue weighted by molar-refractivity contribution is -0.114. The summed E-state index contributed by atoms with van der Waals surface area (Å²) in [5, 5.41) is 8.59. The van der Waals surface area contributed by atoms with Crippen molar-refractivity contribution in [3.8, 4) is 0 Å². The highest BCUT2D eigenvalue weighted by atomic mass is 32.1. The SMILES string of the molecule is CC(=O)Nc1ccsc1CNC1(C)CCCCC1. The first kappa shape index (κ1) is 13.6. The van der Waals surface area contributed by atoms with Crippen molar-refractivity contribution in [3.05, 3.63) is 16.3 Å². The molecule has 2 rings (SSSR count). The van der Waals surface area contributed by atoms with Gasteiger partial charge in [-0.05, 0) is 31.2 Å². The van der Waals surface area contributed by atoms with E-state index in [2.05, 4.69) is 17.6 Å². The van der Waals surface area contributed by atoms with E-state index in [-0.39, 0.29) is 11.4 Å². The van der Waals surface area contributed by atoms with Crippen LogP contribution in [-0.2, 0) is 11.3 Å². The molecule has 1 aliphatic rings. The predicted molar refractivity (Wildman–Crippen MR) is 77.0 cm³/mol. The van der Waals surface area contributed by atoms with Crippen molar-refractivity contribution >= 4 is 22.9 Å². The van der Waals surface area contributed by atoms with Crippen LogP contribution < -0.4 is 10.6 Å². The minimum Gasteiger partial charge on any atom is -0.325 e. The Morgan fingerprint density at radius 1 is 1.39 bits per heavy atom. The molecule has 2 N–H and O–H groups in total. The molecule has 100 valence electrons. The summed E-state index contributed by atoms with van der Waals surface area (Å²) in [6, 6.07) is 1.98. The van der Waals surface area contributed by atoms with Crippen molar-refractivity contribution in [2.24, 2.45) is 0 Å². The second-order valence-corrected chi connectivity index (χ2v) is 6.41. The molecule has 3 nitrogen and oxygen atoms in total. The van der Waals surface area contributed by atoms with Gasteiger partial charge in [0.25, 0.3) is 0 Å². The molecule has 4 heteroatoms. The molecule has 0 saturated heterocycles. The fraction of sp³-hybridized carbons (Fsp3) is 0.643. The largest absolute Gasteiger partial charge is 0.325 e. The maximum absolute atomic E-state index is 11.1. The average Bonchev–Trinajstić information content (AvgIpc) is 2.74. The number of anilines is 1. The summed E-state index contributed by atoms with van der Waals surface area (Å²) in [6.45, 7) is 4.72. The zero-order valence-corrected chi connectivity index (χ0v) is 12.0. The van der Waals surface area contributed by atoms with Gasteiger partial charge in [0.05, 0.1) is 5.69 Å². The van der Waals surface area contributed by atoms with Gasteiger partial charge in [-0.15, -0.1) is 11.3 Å². The van der Waals surface area contributed by atoms with Crippen LogP contribution in [0.25, 0.3) is 0 Å². The van der Waals surface area contributed by atoms with Crippen molar-refractivity contribution < 1.29 is 4.79 Å². The highest BCUT2D eigenvalue weighted by Gasteiger charge is 2.26. The minimum atomic E-state index is -0.00136. The number of thiophene rings is 1. The zero-order valence-electron chi connectivity index (χ0n) is 11.2. The number of hydrogen-bond acceptors (Lipinski definition) is 3. The van der Waals surface area contributed by atoms with E-state index in [9.17, 15) is 4.79 Å². The molecule has 1 amide bonds. The first-order chi connectivity index (χ1) is 8.59. The summed E-state index contributed by atoms with van der Waals surface area (Å²) in [4.78, 5) is 12.3. The van der Waals surface area contributed by atoms with Gasteiger partial charge in [0.2, 0.25) is 5.91 Å². The van der Waals surface area contributed by atoms with Crippen LogP contribution in [0, 0.1) is 0 Å². The number of carbonyl (C=O) groups is 1. The summed E-state index contributed by atoms with van der Waals surface area (Å²) in [5.74, 6) is -0.00136. The Morgan fingerprint density at radius 3 is 2.78 bits per heavy atom. The van der Waals surface area contributed by atoms with Crippen molar-refractivity contribution in [3.63, 3.8) is 0 Å². The molecule has 0 unspecified atom stereocenters. The number of nitrogens with one attached hydrogen (secondary N) is 2. The zero-order chi connectivity index (χ0) is 13.0. The summed E-state index contributed by atoms with van der Waals surface area (Å²) >= 11 is 1.70. The molecule has 1 aromatic heterocycles. The van der Waals surface area contributed by atoms with Gasteiger partial charge >= 0.3 is 0 Å². The van der Waals surface area contributed by atoms with E-state index in [0.29, 0.717) is 0 Å². The highest BCUT2D eigenvalue weighted by molar-refractivity contribution is 7.10. The molecule has 18 heavy (non-hydrogen) atoms. The van der Waals surface area contributed by atoms with Crippen molar-refractivity contribution in [1.82, 2.24) is 5.32 Å². The molecule has 0 bridgehead atoms. The number of carbonyl (C=O) groups excluding carboxylic acids is 1. The fourth-order valence-corrected chi connectivity index (χ4v) is 3.35. The van der Waals surface area contributed by atoms with Gasteiger partial charge in [-0.2, -0.15) is 0 Å². The highest BCUT2D eigenvalue weighted by Crippen LogP contribution is 2.29. The lowest BCUT2D eigenvalue weighted by atomic mass is 9.83. The Kier molecular flexibility index (Phi) is 4.40. The number of amides is 1. The van der Waals surface area contributed by atoms with Crippen molar-refractivity contribution in [1.29, 1.82) is 0 Å². The van der Waals surface area contributed by atoms with Crippen LogP contribution in [0.15, 0.2) is 11.4 Å². The quantitative estimate of drug-likeness (QED) is 0.875. The third kappa shape index (κ3) is 3.56. The van der Waals surface area contributed by atoms with Crippen molar-refractivity contribution in [2.75, 3.05) is 5.32 Å². The topological polar surface area (TPSA) is 41.1 Å². The van der Waals surface area contributed by atoms with Crippen LogP contribution in [-0.4, -0.2) is 11.4 Å². The number of rotatable bonds is 4. The fourth-order valence-electron chi connectivity index (χ4n) is 2.58. The summed E-state index contributed by atoms with van der Waals surface area (Å²) in [7, 11) is 0. The van der Waals surface area contributed by atoms with E-state index in [1.807, 2.05) is 11.4 Å². The van der Waals surface area contributed by atoms with Gasteiger partial charge in [-0.25, -0.2) is 0 Å². The van der Waals surface area contributed by atoms with Crippen LogP contribution in [0.1, 0.15) is 50.8 Å². The Labute approximate surface area is 113 Å². The molecular weight excluding hydrogens is 244 g/mol. The van der Waals surface area contributed by atoms with E-state index in [1.165, 1.54) is 37.0 Å². The van der Waals surface area contributed by atoms with Crippen molar-refractivity contribution in [2.45, 2.75) is 58.0 Å². The summed E-state index contributed by atoms with van der Waals surface area (Å²) in [6.07, 6.45) is 6.54. The maximum Gasteiger partial charge on any atom is 0.221 e. The lowest BCUT2D eigenvalue weighted by Crippen LogP contribution is -2.43. The minimum absolute atomic E-state index is 0.00136. The summed E-state index contributed by atoms with van der Waals surface area (Å²) < 4.78 is 0. The van der Waals surface area contributed by atoms with Gasteiger partial charge < -0.3 is 10.6 Å². The van der Waals surface area contributed by atoms with Gasteiger partial charge in [-0.3, -0.25) is 4.79 Å². The third-order valence-electron chi connectivity index (χ3n) is 3.69. The standard InChI is InChI=1S/C14H22N2OS/c1-11(17)16-12-6-9-18-13(12)10-15-14(2)7-4-3-5-8-14/h6,9,15H,3-5,7-8,10H2,1-2H3,(H,16,17). The van der Waals surface area contributed by atoms with Gasteiger partial charge in [0, 0.05) is 23.9 Å². The van der Waals surface area contributed by atoms with E-state index < -0.39 is 0 Å². The summed E-state index contributed by atoms with van der Waals surface area (Å²) in [5.41, 5.74) is 1.23. The first-order valence-corrected chi connectivity index (χ1v) is 7.56. The molecule has 1 fully saturated rings. The predicted octanol–water partition coefficient (Wildman–Crippen LogP) is 3.52. The molecule has 0 aromatic carbocycles. The smallest absolute Gasteiger partial charge is 0.221 e. The molecular formula is C14H22N2OS. The van der Waals surface area contributed by atoms with Crippen LogP contribution >= 0.6 is 11.3 Å². The molecule has 0 aliphatic heterocycles. The third-order valence-corrected chi connectivity index (χ3v) is 4.61. The molecule has 1 aliphatic carbocycles. The maximum atomic E-state index is 11.1. The van der Waals surface area contributed by atoms with E-state index in [0.717, 1.165) is 12.2 Å². The number of hydrogen-bond donors (Lipinski definition) is 2. The van der Waals surface area contributed by atoms with Crippen LogP contribution in [0.5, 0.6) is 0 Å². The monoisotopic (exact) mass is 266 g/mol.